The summed E-state index contributed by atoms with van der Waals surface area (Å²) < 4.78 is 0. The van der Waals surface area contributed by atoms with Gasteiger partial charge >= 0.3 is 0 Å². The summed E-state index contributed by atoms with van der Waals surface area (Å²) in [4.78, 5) is 16.0. The Morgan fingerprint density at radius 3 is 2.40 bits per heavy atom. The quantitative estimate of drug-likeness (QED) is 0.691. The number of carbonyl (C=O) groups is 1. The van der Waals surface area contributed by atoms with Crippen LogP contribution in [0.1, 0.15) is 21.7 Å². The van der Waals surface area contributed by atoms with Crippen LogP contribution in [0.5, 0.6) is 0 Å². The normalized spacial score (nSPS) is 9.93. The van der Waals surface area contributed by atoms with Crippen molar-refractivity contribution in [1.82, 2.24) is 4.98 Å². The van der Waals surface area contributed by atoms with Gasteiger partial charge in [-0.05, 0) is 19.1 Å². The van der Waals surface area contributed by atoms with E-state index in [9.17, 15) is 4.79 Å². The Hall–Kier alpha value is -1.96. The van der Waals surface area contributed by atoms with E-state index >= 15 is 0 Å². The van der Waals surface area contributed by atoms with Gasteiger partial charge < -0.3 is 0 Å². The van der Waals surface area contributed by atoms with E-state index < -0.39 is 0 Å². The third kappa shape index (κ3) is 2.10. The standard InChI is InChI=1S/C13H10NO/c1-10-6-5-9-12(14-10)13(15)11-7-3-2-4-8-11/h2-9H,1H2. The van der Waals surface area contributed by atoms with Crippen molar-refractivity contribution in [3.8, 4) is 0 Å². The molecule has 2 rings (SSSR count). The first-order chi connectivity index (χ1) is 7.27. The molecule has 0 aliphatic heterocycles. The van der Waals surface area contributed by atoms with E-state index in [2.05, 4.69) is 11.9 Å². The lowest BCUT2D eigenvalue weighted by Gasteiger charge is -2.00. The number of hydrogen-bond acceptors (Lipinski definition) is 2. The molecule has 15 heavy (non-hydrogen) atoms. The summed E-state index contributed by atoms with van der Waals surface area (Å²) in [5, 5.41) is 0. The van der Waals surface area contributed by atoms with Crippen molar-refractivity contribution in [1.29, 1.82) is 0 Å². The maximum atomic E-state index is 11.9. The van der Waals surface area contributed by atoms with Gasteiger partial charge in [0.25, 0.3) is 0 Å². The average molecular weight is 196 g/mol. The minimum absolute atomic E-state index is 0.0684. The molecule has 0 saturated carbocycles. The fourth-order valence-corrected chi connectivity index (χ4v) is 1.34. The van der Waals surface area contributed by atoms with Crippen molar-refractivity contribution in [2.75, 3.05) is 0 Å². The van der Waals surface area contributed by atoms with Crippen molar-refractivity contribution < 1.29 is 4.79 Å². The molecular formula is C13H10NO. The molecule has 2 heteroatoms. The zero-order chi connectivity index (χ0) is 10.7. The molecule has 2 nitrogen and oxygen atoms in total. The van der Waals surface area contributed by atoms with E-state index in [1.807, 2.05) is 18.2 Å². The number of rotatable bonds is 2. The van der Waals surface area contributed by atoms with Crippen molar-refractivity contribution in [3.63, 3.8) is 0 Å². The number of aromatic nitrogens is 1. The lowest BCUT2D eigenvalue weighted by Crippen LogP contribution is -2.04. The molecule has 0 saturated heterocycles. The second-order valence-electron chi connectivity index (χ2n) is 3.21. The SMILES string of the molecule is [CH2]c1cccc(C(=O)c2ccccc2)n1. The molecule has 0 aliphatic rings. The minimum atomic E-state index is -0.0684. The molecule has 0 aliphatic carbocycles. The van der Waals surface area contributed by atoms with E-state index in [1.54, 1.807) is 30.3 Å². The van der Waals surface area contributed by atoms with Gasteiger partial charge in [-0.1, -0.05) is 36.4 Å². The predicted octanol–water partition coefficient (Wildman–Crippen LogP) is 2.49. The van der Waals surface area contributed by atoms with Crippen LogP contribution in [0, 0.1) is 6.92 Å². The fraction of sp³-hybridized carbons (Fsp3) is 0. The van der Waals surface area contributed by atoms with Gasteiger partial charge in [-0.25, -0.2) is 4.98 Å². The van der Waals surface area contributed by atoms with Gasteiger partial charge in [-0.15, -0.1) is 0 Å². The van der Waals surface area contributed by atoms with Gasteiger partial charge in [0.1, 0.15) is 5.69 Å². The molecular weight excluding hydrogens is 186 g/mol. The maximum absolute atomic E-state index is 11.9. The van der Waals surface area contributed by atoms with Crippen LogP contribution >= 0.6 is 0 Å². The van der Waals surface area contributed by atoms with Crippen LogP contribution in [0.2, 0.25) is 0 Å². The van der Waals surface area contributed by atoms with Crippen LogP contribution in [0.15, 0.2) is 48.5 Å². The molecule has 0 amide bonds. The van der Waals surface area contributed by atoms with E-state index in [1.165, 1.54) is 0 Å². The third-order valence-corrected chi connectivity index (χ3v) is 2.08. The Balaban J connectivity index is 2.37. The van der Waals surface area contributed by atoms with E-state index in [-0.39, 0.29) is 5.78 Å². The molecule has 1 aromatic heterocycles. The van der Waals surface area contributed by atoms with Crippen LogP contribution in [-0.2, 0) is 0 Å². The lowest BCUT2D eigenvalue weighted by atomic mass is 10.1. The Morgan fingerprint density at radius 1 is 1.00 bits per heavy atom. The summed E-state index contributed by atoms with van der Waals surface area (Å²) in [6, 6.07) is 14.3. The molecule has 2 aromatic rings. The summed E-state index contributed by atoms with van der Waals surface area (Å²) in [6.45, 7) is 3.69. The van der Waals surface area contributed by atoms with E-state index in [0.717, 1.165) is 0 Å². The summed E-state index contributed by atoms with van der Waals surface area (Å²) in [5.74, 6) is -0.0684. The Labute approximate surface area is 88.6 Å². The van der Waals surface area contributed by atoms with Gasteiger partial charge in [0, 0.05) is 11.3 Å². The Bertz CT molecular complexity index is 477. The van der Waals surface area contributed by atoms with Crippen LogP contribution in [0.3, 0.4) is 0 Å². The van der Waals surface area contributed by atoms with Gasteiger partial charge in [-0.2, -0.15) is 0 Å². The monoisotopic (exact) mass is 196 g/mol. The van der Waals surface area contributed by atoms with E-state index in [4.69, 9.17) is 0 Å². The van der Waals surface area contributed by atoms with Crippen molar-refractivity contribution in [2.24, 2.45) is 0 Å². The maximum Gasteiger partial charge on any atom is 0.211 e. The third-order valence-electron chi connectivity index (χ3n) is 2.08. The van der Waals surface area contributed by atoms with Crippen molar-refractivity contribution >= 4 is 5.78 Å². The molecule has 0 unspecified atom stereocenters. The van der Waals surface area contributed by atoms with Crippen LogP contribution in [0.25, 0.3) is 0 Å². The second kappa shape index (κ2) is 4.05. The topological polar surface area (TPSA) is 30.0 Å². The highest BCUT2D eigenvalue weighted by Gasteiger charge is 2.09. The number of hydrogen-bond donors (Lipinski definition) is 0. The van der Waals surface area contributed by atoms with Gasteiger partial charge in [0.05, 0.1) is 0 Å². The smallest absolute Gasteiger partial charge is 0.211 e. The number of nitrogens with zero attached hydrogens (tertiary/aromatic N) is 1. The Kier molecular flexibility index (Phi) is 2.59. The number of pyridine rings is 1. The largest absolute Gasteiger partial charge is 0.287 e. The molecule has 0 N–H and O–H groups in total. The predicted molar refractivity (Wildman–Crippen MR) is 58.6 cm³/mol. The van der Waals surface area contributed by atoms with Crippen LogP contribution < -0.4 is 0 Å². The Morgan fingerprint density at radius 2 is 1.73 bits per heavy atom. The first kappa shape index (κ1) is 9.59. The minimum Gasteiger partial charge on any atom is -0.287 e. The summed E-state index contributed by atoms with van der Waals surface area (Å²) in [5.41, 5.74) is 1.70. The highest BCUT2D eigenvalue weighted by atomic mass is 16.1. The molecule has 0 atom stereocenters. The van der Waals surface area contributed by atoms with Crippen molar-refractivity contribution in [3.05, 3.63) is 72.4 Å². The molecule has 0 spiro atoms. The number of benzene rings is 1. The van der Waals surface area contributed by atoms with Crippen molar-refractivity contribution in [2.45, 2.75) is 0 Å². The fourth-order valence-electron chi connectivity index (χ4n) is 1.34. The first-order valence-electron chi connectivity index (χ1n) is 4.66. The molecule has 0 fully saturated rings. The molecule has 1 aromatic carbocycles. The number of carbonyl (C=O) groups excluding carboxylic acids is 1. The average Bonchev–Trinajstić information content (AvgIpc) is 2.29. The van der Waals surface area contributed by atoms with Crippen LogP contribution in [-0.4, -0.2) is 10.8 Å². The summed E-state index contributed by atoms with van der Waals surface area (Å²) in [6.07, 6.45) is 0. The second-order valence-corrected chi connectivity index (χ2v) is 3.21. The highest BCUT2D eigenvalue weighted by molar-refractivity contribution is 6.07. The van der Waals surface area contributed by atoms with Gasteiger partial charge in [0.2, 0.25) is 5.78 Å². The van der Waals surface area contributed by atoms with Gasteiger partial charge in [0.15, 0.2) is 0 Å². The van der Waals surface area contributed by atoms with Gasteiger partial charge in [-0.3, -0.25) is 4.79 Å². The highest BCUT2D eigenvalue weighted by Crippen LogP contribution is 2.07. The summed E-state index contributed by atoms with van der Waals surface area (Å²) in [7, 11) is 0. The summed E-state index contributed by atoms with van der Waals surface area (Å²) >= 11 is 0. The molecule has 1 heterocycles. The first-order valence-corrected chi connectivity index (χ1v) is 4.66. The zero-order valence-electron chi connectivity index (χ0n) is 8.18. The van der Waals surface area contributed by atoms with Crippen LogP contribution in [0.4, 0.5) is 0 Å². The lowest BCUT2D eigenvalue weighted by molar-refractivity contribution is 0.103. The molecule has 73 valence electrons. The zero-order valence-corrected chi connectivity index (χ0v) is 8.18. The van der Waals surface area contributed by atoms with E-state index in [0.29, 0.717) is 17.0 Å². The molecule has 1 radical (unpaired) electrons. The number of ketones is 1. The molecule has 0 bridgehead atoms.